The van der Waals surface area contributed by atoms with Crippen molar-refractivity contribution < 1.29 is 9.21 Å². The summed E-state index contributed by atoms with van der Waals surface area (Å²) in [6, 6.07) is 10.2. The number of amides is 1. The Labute approximate surface area is 126 Å². The van der Waals surface area contributed by atoms with Crippen molar-refractivity contribution in [3.8, 4) is 0 Å². The monoisotopic (exact) mass is 301 g/mol. The van der Waals surface area contributed by atoms with Crippen LogP contribution in [0.25, 0.3) is 11.1 Å². The summed E-state index contributed by atoms with van der Waals surface area (Å²) < 4.78 is 5.52. The van der Waals surface area contributed by atoms with Gasteiger partial charge >= 0.3 is 0 Å². The number of benzene rings is 1. The van der Waals surface area contributed by atoms with E-state index in [1.165, 1.54) is 0 Å². The molecule has 5 nitrogen and oxygen atoms in total. The molecule has 1 amide bonds. The fraction of sp³-hybridized carbons (Fsp3) is 0.133. The Hall–Kier alpha value is -2.40. The standard InChI is InChI=1S/C15H12ClN3O2/c1-2-14-19-11-8-9(6-7-12(11)21-14)17-15(20)10-4-3-5-13(16)18-10/h3-8H,2H2,1H3,(H,17,20). The van der Waals surface area contributed by atoms with E-state index in [2.05, 4.69) is 15.3 Å². The molecule has 0 aliphatic rings. The minimum absolute atomic E-state index is 0.261. The van der Waals surface area contributed by atoms with Crippen molar-refractivity contribution in [2.45, 2.75) is 13.3 Å². The summed E-state index contributed by atoms with van der Waals surface area (Å²) in [7, 11) is 0. The molecule has 0 spiro atoms. The third kappa shape index (κ3) is 2.87. The average molecular weight is 302 g/mol. The number of carbonyl (C=O) groups is 1. The van der Waals surface area contributed by atoms with E-state index in [0.717, 1.165) is 6.42 Å². The number of aromatic nitrogens is 2. The van der Waals surface area contributed by atoms with Gasteiger partial charge in [0.25, 0.3) is 5.91 Å². The Balaban J connectivity index is 1.85. The lowest BCUT2D eigenvalue weighted by atomic mass is 10.2. The number of oxazole rings is 1. The molecule has 2 aromatic heterocycles. The first-order valence-corrected chi connectivity index (χ1v) is 6.87. The second-order valence-corrected chi connectivity index (χ2v) is 4.83. The molecule has 2 heterocycles. The molecule has 0 saturated carbocycles. The molecule has 0 saturated heterocycles. The minimum atomic E-state index is -0.323. The number of nitrogens with one attached hydrogen (secondary N) is 1. The van der Waals surface area contributed by atoms with E-state index in [9.17, 15) is 4.79 Å². The highest BCUT2D eigenvalue weighted by Crippen LogP contribution is 2.20. The maximum atomic E-state index is 12.1. The number of aryl methyl sites for hydroxylation is 1. The van der Waals surface area contributed by atoms with E-state index in [1.807, 2.05) is 6.92 Å². The number of fused-ring (bicyclic) bond motifs is 1. The van der Waals surface area contributed by atoms with Gasteiger partial charge in [0.05, 0.1) is 0 Å². The van der Waals surface area contributed by atoms with Crippen molar-refractivity contribution in [3.05, 3.63) is 53.1 Å². The van der Waals surface area contributed by atoms with E-state index < -0.39 is 0 Å². The zero-order valence-corrected chi connectivity index (χ0v) is 12.0. The molecule has 0 bridgehead atoms. The van der Waals surface area contributed by atoms with Crippen molar-refractivity contribution >= 4 is 34.3 Å². The first kappa shape index (κ1) is 13.6. The molecule has 0 fully saturated rings. The van der Waals surface area contributed by atoms with Crippen LogP contribution >= 0.6 is 11.6 Å². The number of carbonyl (C=O) groups excluding carboxylic acids is 1. The molecule has 1 aromatic carbocycles. The van der Waals surface area contributed by atoms with Crippen LogP contribution in [0.5, 0.6) is 0 Å². The Morgan fingerprint density at radius 2 is 2.14 bits per heavy atom. The first-order chi connectivity index (χ1) is 10.2. The molecule has 0 aliphatic carbocycles. The number of rotatable bonds is 3. The molecule has 0 aliphatic heterocycles. The fourth-order valence-corrected chi connectivity index (χ4v) is 2.10. The molecule has 0 radical (unpaired) electrons. The van der Waals surface area contributed by atoms with E-state index in [0.29, 0.717) is 22.7 Å². The van der Waals surface area contributed by atoms with Gasteiger partial charge in [0, 0.05) is 12.1 Å². The molecule has 3 rings (SSSR count). The highest BCUT2D eigenvalue weighted by Gasteiger charge is 2.10. The summed E-state index contributed by atoms with van der Waals surface area (Å²) in [5.41, 5.74) is 2.30. The highest BCUT2D eigenvalue weighted by atomic mass is 35.5. The van der Waals surface area contributed by atoms with Crippen molar-refractivity contribution in [1.82, 2.24) is 9.97 Å². The third-order valence-electron chi connectivity index (χ3n) is 2.94. The van der Waals surface area contributed by atoms with Crippen molar-refractivity contribution in [3.63, 3.8) is 0 Å². The van der Waals surface area contributed by atoms with Gasteiger partial charge < -0.3 is 9.73 Å². The minimum Gasteiger partial charge on any atom is -0.441 e. The van der Waals surface area contributed by atoms with Crippen LogP contribution in [0.1, 0.15) is 23.3 Å². The van der Waals surface area contributed by atoms with Crippen LogP contribution in [0, 0.1) is 0 Å². The number of pyridine rings is 1. The smallest absolute Gasteiger partial charge is 0.274 e. The summed E-state index contributed by atoms with van der Waals surface area (Å²) in [5.74, 6) is 0.348. The van der Waals surface area contributed by atoms with Gasteiger partial charge in [-0.25, -0.2) is 9.97 Å². The zero-order chi connectivity index (χ0) is 14.8. The normalized spacial score (nSPS) is 10.8. The second kappa shape index (κ2) is 5.54. The van der Waals surface area contributed by atoms with E-state index in [1.54, 1.807) is 36.4 Å². The molecular formula is C15H12ClN3O2. The van der Waals surface area contributed by atoms with Crippen LogP contribution in [0.15, 0.2) is 40.8 Å². The topological polar surface area (TPSA) is 68.0 Å². The molecule has 0 atom stereocenters. The number of halogens is 1. The average Bonchev–Trinajstić information content (AvgIpc) is 2.89. The van der Waals surface area contributed by atoms with Gasteiger partial charge in [0.15, 0.2) is 11.5 Å². The SMILES string of the molecule is CCc1nc2cc(NC(=O)c3cccc(Cl)n3)ccc2o1. The molecule has 1 N–H and O–H groups in total. The number of nitrogens with zero attached hydrogens (tertiary/aromatic N) is 2. The van der Waals surface area contributed by atoms with Crippen molar-refractivity contribution in [1.29, 1.82) is 0 Å². The van der Waals surface area contributed by atoms with E-state index >= 15 is 0 Å². The summed E-state index contributed by atoms with van der Waals surface area (Å²) >= 11 is 5.78. The maximum Gasteiger partial charge on any atom is 0.274 e. The van der Waals surface area contributed by atoms with Gasteiger partial charge in [-0.2, -0.15) is 0 Å². The maximum absolute atomic E-state index is 12.1. The molecule has 3 aromatic rings. The Morgan fingerprint density at radius 3 is 2.90 bits per heavy atom. The van der Waals surface area contributed by atoms with Crippen LogP contribution in [0.2, 0.25) is 5.15 Å². The van der Waals surface area contributed by atoms with Gasteiger partial charge in [0.1, 0.15) is 16.4 Å². The van der Waals surface area contributed by atoms with Gasteiger partial charge in [0.2, 0.25) is 0 Å². The lowest BCUT2D eigenvalue weighted by Gasteiger charge is -2.04. The quantitative estimate of drug-likeness (QED) is 0.749. The van der Waals surface area contributed by atoms with Crippen molar-refractivity contribution in [2.24, 2.45) is 0 Å². The molecular weight excluding hydrogens is 290 g/mol. The Morgan fingerprint density at radius 1 is 1.29 bits per heavy atom. The molecule has 21 heavy (non-hydrogen) atoms. The molecule has 6 heteroatoms. The number of anilines is 1. The summed E-state index contributed by atoms with van der Waals surface area (Å²) in [5, 5.41) is 3.04. The van der Waals surface area contributed by atoms with Crippen LogP contribution < -0.4 is 5.32 Å². The summed E-state index contributed by atoms with van der Waals surface area (Å²) in [4.78, 5) is 20.4. The predicted octanol–water partition coefficient (Wildman–Crippen LogP) is 3.69. The molecule has 106 valence electrons. The van der Waals surface area contributed by atoms with Crippen LogP contribution in [-0.2, 0) is 6.42 Å². The first-order valence-electron chi connectivity index (χ1n) is 6.49. The van der Waals surface area contributed by atoms with Gasteiger partial charge in [-0.15, -0.1) is 0 Å². The lowest BCUT2D eigenvalue weighted by molar-refractivity contribution is 0.102. The fourth-order valence-electron chi connectivity index (χ4n) is 1.93. The van der Waals surface area contributed by atoms with E-state index in [-0.39, 0.29) is 16.8 Å². The van der Waals surface area contributed by atoms with Gasteiger partial charge in [-0.1, -0.05) is 24.6 Å². The third-order valence-corrected chi connectivity index (χ3v) is 3.15. The van der Waals surface area contributed by atoms with Crippen LogP contribution in [0.3, 0.4) is 0 Å². The largest absolute Gasteiger partial charge is 0.441 e. The number of hydrogen-bond donors (Lipinski definition) is 1. The zero-order valence-electron chi connectivity index (χ0n) is 11.3. The predicted molar refractivity (Wildman–Crippen MR) is 80.6 cm³/mol. The van der Waals surface area contributed by atoms with Gasteiger partial charge in [-0.05, 0) is 30.3 Å². The Bertz CT molecular complexity index is 814. The number of hydrogen-bond acceptors (Lipinski definition) is 4. The van der Waals surface area contributed by atoms with E-state index in [4.69, 9.17) is 16.0 Å². The second-order valence-electron chi connectivity index (χ2n) is 4.44. The van der Waals surface area contributed by atoms with Crippen LogP contribution in [-0.4, -0.2) is 15.9 Å². The summed E-state index contributed by atoms with van der Waals surface area (Å²) in [6.45, 7) is 1.97. The van der Waals surface area contributed by atoms with Crippen molar-refractivity contribution in [2.75, 3.05) is 5.32 Å². The lowest BCUT2D eigenvalue weighted by Crippen LogP contribution is -2.13. The summed E-state index contributed by atoms with van der Waals surface area (Å²) in [6.07, 6.45) is 0.725. The molecule has 0 unspecified atom stereocenters. The highest BCUT2D eigenvalue weighted by molar-refractivity contribution is 6.29. The van der Waals surface area contributed by atoms with Crippen LogP contribution in [0.4, 0.5) is 5.69 Å². The van der Waals surface area contributed by atoms with Gasteiger partial charge in [-0.3, -0.25) is 4.79 Å². The Kier molecular flexibility index (Phi) is 3.58.